The minimum Gasteiger partial charge on any atom is -0.508 e. The van der Waals surface area contributed by atoms with E-state index in [0.717, 1.165) is 0 Å². The van der Waals surface area contributed by atoms with E-state index in [1.807, 2.05) is 0 Å². The van der Waals surface area contributed by atoms with Gasteiger partial charge in [0, 0.05) is 20.2 Å². The van der Waals surface area contributed by atoms with Crippen LogP contribution in [-0.2, 0) is 14.8 Å². The van der Waals surface area contributed by atoms with E-state index >= 15 is 0 Å². The third kappa shape index (κ3) is 2.66. The number of hydrogen-bond donors (Lipinski definition) is 1. The second-order valence-electron chi connectivity index (χ2n) is 4.34. The van der Waals surface area contributed by atoms with Crippen LogP contribution in [0.25, 0.3) is 0 Å². The van der Waals surface area contributed by atoms with E-state index in [1.165, 1.54) is 28.6 Å². The van der Waals surface area contributed by atoms with Crippen molar-refractivity contribution >= 4 is 10.0 Å². The lowest BCUT2D eigenvalue weighted by Crippen LogP contribution is -2.40. The Morgan fingerprint density at radius 2 is 2.00 bits per heavy atom. The summed E-state index contributed by atoms with van der Waals surface area (Å²) in [5.74, 6) is -0.0390. The molecule has 1 aromatic rings. The summed E-state index contributed by atoms with van der Waals surface area (Å²) in [6, 6.07) is 5.76. The summed E-state index contributed by atoms with van der Waals surface area (Å²) in [7, 11) is -1.86. The molecule has 0 unspecified atom stereocenters. The number of hydrogen-bond acceptors (Lipinski definition) is 4. The highest BCUT2D eigenvalue weighted by Gasteiger charge is 2.29. The topological polar surface area (TPSA) is 66.8 Å². The number of aromatic hydroxyl groups is 1. The van der Waals surface area contributed by atoms with Gasteiger partial charge in [-0.15, -0.1) is 0 Å². The van der Waals surface area contributed by atoms with Crippen LogP contribution < -0.4 is 0 Å². The van der Waals surface area contributed by atoms with Crippen molar-refractivity contribution in [2.45, 2.75) is 23.8 Å². The number of ether oxygens (including phenoxy) is 1. The standard InChI is InChI=1S/C12H17NO4S/c1-17-11-5-7-13(8-6-11)18(15,16)12-4-2-3-10(14)9-12/h2-4,9,11,14H,5-8H2,1H3. The molecule has 1 aliphatic rings. The van der Waals surface area contributed by atoms with Crippen molar-refractivity contribution in [3.63, 3.8) is 0 Å². The van der Waals surface area contributed by atoms with Crippen LogP contribution in [0.3, 0.4) is 0 Å². The van der Waals surface area contributed by atoms with Gasteiger partial charge in [-0.3, -0.25) is 0 Å². The Hall–Kier alpha value is -1.11. The maximum Gasteiger partial charge on any atom is 0.243 e. The van der Waals surface area contributed by atoms with E-state index in [2.05, 4.69) is 0 Å². The Labute approximate surface area is 107 Å². The molecule has 5 nitrogen and oxygen atoms in total. The Morgan fingerprint density at radius 1 is 1.33 bits per heavy atom. The minimum atomic E-state index is -3.50. The zero-order valence-electron chi connectivity index (χ0n) is 10.2. The molecule has 1 saturated heterocycles. The summed E-state index contributed by atoms with van der Waals surface area (Å²) >= 11 is 0. The molecule has 6 heteroatoms. The van der Waals surface area contributed by atoms with Crippen LogP contribution >= 0.6 is 0 Å². The fourth-order valence-corrected chi connectivity index (χ4v) is 3.61. The van der Waals surface area contributed by atoms with Gasteiger partial charge >= 0.3 is 0 Å². The van der Waals surface area contributed by atoms with Crippen molar-refractivity contribution < 1.29 is 18.3 Å². The SMILES string of the molecule is COC1CCN(S(=O)(=O)c2cccc(O)c2)CC1. The number of phenolic OH excluding ortho intramolecular Hbond substituents is 1. The first-order valence-corrected chi connectivity index (χ1v) is 7.30. The normalized spacial score (nSPS) is 18.9. The van der Waals surface area contributed by atoms with E-state index in [0.29, 0.717) is 25.9 Å². The molecular formula is C12H17NO4S. The predicted octanol–water partition coefficient (Wildman–Crippen LogP) is 1.19. The molecule has 0 spiro atoms. The highest BCUT2D eigenvalue weighted by molar-refractivity contribution is 7.89. The maximum absolute atomic E-state index is 12.3. The second-order valence-corrected chi connectivity index (χ2v) is 6.27. The highest BCUT2D eigenvalue weighted by atomic mass is 32.2. The molecule has 0 bridgehead atoms. The number of rotatable bonds is 3. The van der Waals surface area contributed by atoms with Crippen LogP contribution in [0.5, 0.6) is 5.75 Å². The number of piperidine rings is 1. The third-order valence-corrected chi connectivity index (χ3v) is 5.08. The van der Waals surface area contributed by atoms with Gasteiger partial charge in [0.15, 0.2) is 0 Å². The fourth-order valence-electron chi connectivity index (χ4n) is 2.10. The molecule has 0 atom stereocenters. The number of sulfonamides is 1. The predicted molar refractivity (Wildman–Crippen MR) is 66.9 cm³/mol. The van der Waals surface area contributed by atoms with Gasteiger partial charge in [-0.2, -0.15) is 4.31 Å². The van der Waals surface area contributed by atoms with Crippen LogP contribution in [0, 0.1) is 0 Å². The summed E-state index contributed by atoms with van der Waals surface area (Å²) in [4.78, 5) is 0.137. The van der Waals surface area contributed by atoms with Crippen molar-refractivity contribution in [1.82, 2.24) is 4.31 Å². The van der Waals surface area contributed by atoms with Gasteiger partial charge in [0.05, 0.1) is 11.0 Å². The molecule has 18 heavy (non-hydrogen) atoms. The van der Waals surface area contributed by atoms with Gasteiger partial charge in [-0.1, -0.05) is 6.07 Å². The molecule has 100 valence electrons. The van der Waals surface area contributed by atoms with Gasteiger partial charge in [0.1, 0.15) is 5.75 Å². The number of methoxy groups -OCH3 is 1. The van der Waals surface area contributed by atoms with E-state index in [1.54, 1.807) is 7.11 Å². The van der Waals surface area contributed by atoms with E-state index < -0.39 is 10.0 Å². The molecule has 1 aromatic carbocycles. The first-order valence-electron chi connectivity index (χ1n) is 5.86. The molecule has 0 amide bonds. The molecule has 1 N–H and O–H groups in total. The second kappa shape index (κ2) is 5.26. The smallest absolute Gasteiger partial charge is 0.243 e. The van der Waals surface area contributed by atoms with Crippen molar-refractivity contribution in [2.75, 3.05) is 20.2 Å². The van der Waals surface area contributed by atoms with Gasteiger partial charge in [0.25, 0.3) is 0 Å². The quantitative estimate of drug-likeness (QED) is 0.896. The largest absolute Gasteiger partial charge is 0.508 e. The van der Waals surface area contributed by atoms with Crippen molar-refractivity contribution in [3.8, 4) is 5.75 Å². The first-order chi connectivity index (χ1) is 8.54. The Bertz CT molecular complexity index is 507. The van der Waals surface area contributed by atoms with Crippen LogP contribution in [0.15, 0.2) is 29.2 Å². The lowest BCUT2D eigenvalue weighted by atomic mass is 10.1. The number of nitrogens with zero attached hydrogens (tertiary/aromatic N) is 1. The monoisotopic (exact) mass is 271 g/mol. The lowest BCUT2D eigenvalue weighted by molar-refractivity contribution is 0.0604. The first kappa shape index (κ1) is 13.3. The average Bonchev–Trinajstić information content (AvgIpc) is 2.39. The van der Waals surface area contributed by atoms with E-state index in [-0.39, 0.29) is 16.7 Å². The third-order valence-electron chi connectivity index (χ3n) is 3.19. The van der Waals surface area contributed by atoms with Gasteiger partial charge in [-0.25, -0.2) is 8.42 Å². The zero-order chi connectivity index (χ0) is 13.2. The molecule has 0 aliphatic carbocycles. The Balaban J connectivity index is 2.17. The summed E-state index contributed by atoms with van der Waals surface area (Å²) < 4.78 is 31.3. The minimum absolute atomic E-state index is 0.0390. The lowest BCUT2D eigenvalue weighted by Gasteiger charge is -2.30. The molecular weight excluding hydrogens is 254 g/mol. The Kier molecular flexibility index (Phi) is 3.89. The molecule has 2 rings (SSSR count). The summed E-state index contributed by atoms with van der Waals surface area (Å²) in [5, 5.41) is 9.35. The van der Waals surface area contributed by atoms with Crippen LogP contribution in [0.4, 0.5) is 0 Å². The fraction of sp³-hybridized carbons (Fsp3) is 0.500. The van der Waals surface area contributed by atoms with Crippen molar-refractivity contribution in [2.24, 2.45) is 0 Å². The van der Waals surface area contributed by atoms with Gasteiger partial charge in [-0.05, 0) is 31.0 Å². The molecule has 0 radical (unpaired) electrons. The van der Waals surface area contributed by atoms with Gasteiger partial charge < -0.3 is 9.84 Å². The number of phenols is 1. The Morgan fingerprint density at radius 3 is 2.56 bits per heavy atom. The van der Waals surface area contributed by atoms with Gasteiger partial charge in [0.2, 0.25) is 10.0 Å². The molecule has 1 heterocycles. The van der Waals surface area contributed by atoms with Crippen LogP contribution in [-0.4, -0.2) is 44.1 Å². The van der Waals surface area contributed by atoms with E-state index in [4.69, 9.17) is 4.74 Å². The zero-order valence-corrected chi connectivity index (χ0v) is 11.1. The van der Waals surface area contributed by atoms with Crippen LogP contribution in [0.2, 0.25) is 0 Å². The van der Waals surface area contributed by atoms with Crippen molar-refractivity contribution in [1.29, 1.82) is 0 Å². The van der Waals surface area contributed by atoms with E-state index in [9.17, 15) is 13.5 Å². The highest BCUT2D eigenvalue weighted by Crippen LogP contribution is 2.23. The maximum atomic E-state index is 12.3. The summed E-state index contributed by atoms with van der Waals surface area (Å²) in [6.07, 6.45) is 1.55. The molecule has 0 saturated carbocycles. The number of benzene rings is 1. The average molecular weight is 271 g/mol. The molecule has 1 aliphatic heterocycles. The molecule has 1 fully saturated rings. The van der Waals surface area contributed by atoms with Crippen LogP contribution in [0.1, 0.15) is 12.8 Å². The summed E-state index contributed by atoms with van der Waals surface area (Å²) in [6.45, 7) is 0.910. The summed E-state index contributed by atoms with van der Waals surface area (Å²) in [5.41, 5.74) is 0. The van der Waals surface area contributed by atoms with Crippen molar-refractivity contribution in [3.05, 3.63) is 24.3 Å². The molecule has 0 aromatic heterocycles.